The van der Waals surface area contributed by atoms with E-state index in [4.69, 9.17) is 4.74 Å². The molecule has 0 bridgehead atoms. The molecule has 0 saturated carbocycles. The fraction of sp³-hybridized carbons (Fsp3) is 0.0455. The monoisotopic (exact) mass is 463 g/mol. The maximum Gasteiger partial charge on any atom is 0.285 e. The van der Waals surface area contributed by atoms with Gasteiger partial charge in [0.05, 0.1) is 34.8 Å². The number of hydrogen-bond acceptors (Lipinski definition) is 8. The highest BCUT2D eigenvalue weighted by Gasteiger charge is 2.18. The molecular weight excluding hydrogens is 446 g/mol. The Kier molecular flexibility index (Phi) is 7.24. The van der Waals surface area contributed by atoms with Gasteiger partial charge in [0.15, 0.2) is 0 Å². The third kappa shape index (κ3) is 5.76. The number of hydrogen-bond donors (Lipinski definition) is 2. The van der Waals surface area contributed by atoms with Crippen molar-refractivity contribution in [1.29, 1.82) is 0 Å². The van der Waals surface area contributed by atoms with Crippen LogP contribution in [0.25, 0.3) is 0 Å². The van der Waals surface area contributed by atoms with Crippen molar-refractivity contribution in [2.45, 2.75) is 0 Å². The second-order valence-corrected chi connectivity index (χ2v) is 6.72. The van der Waals surface area contributed by atoms with Crippen LogP contribution in [0.2, 0.25) is 0 Å². The number of rotatable bonds is 8. The molecule has 0 fully saturated rings. The second kappa shape index (κ2) is 10.5. The average molecular weight is 463 g/mol. The lowest BCUT2D eigenvalue weighted by molar-refractivity contribution is -0.394. The molecule has 34 heavy (non-hydrogen) atoms. The minimum Gasteiger partial charge on any atom is -0.497 e. The van der Waals surface area contributed by atoms with E-state index < -0.39 is 27.1 Å². The van der Waals surface area contributed by atoms with Crippen LogP contribution in [-0.2, 0) is 0 Å². The summed E-state index contributed by atoms with van der Waals surface area (Å²) in [5.74, 6) is -0.319. The Morgan fingerprint density at radius 3 is 2.09 bits per heavy atom. The summed E-state index contributed by atoms with van der Waals surface area (Å²) in [6.45, 7) is 0. The molecule has 0 saturated heterocycles. The Morgan fingerprint density at radius 1 is 0.882 bits per heavy atom. The van der Waals surface area contributed by atoms with E-state index >= 15 is 0 Å². The number of nitrogens with zero attached hydrogens (tertiary/aromatic N) is 3. The number of nitro benzene ring substituents is 2. The zero-order valence-electron chi connectivity index (χ0n) is 17.6. The lowest BCUT2D eigenvalue weighted by atomic mass is 10.1. The Bertz CT molecular complexity index is 1270. The van der Waals surface area contributed by atoms with Gasteiger partial charge < -0.3 is 10.1 Å². The quantitative estimate of drug-likeness (QED) is 0.293. The van der Waals surface area contributed by atoms with Crippen molar-refractivity contribution in [3.63, 3.8) is 0 Å². The van der Waals surface area contributed by atoms with E-state index in [1.807, 2.05) is 0 Å². The fourth-order valence-electron chi connectivity index (χ4n) is 2.79. The number of anilines is 1. The molecule has 2 amide bonds. The van der Waals surface area contributed by atoms with Gasteiger partial charge in [-0.15, -0.1) is 0 Å². The Morgan fingerprint density at radius 2 is 1.50 bits per heavy atom. The van der Waals surface area contributed by atoms with Crippen LogP contribution in [0.5, 0.6) is 5.75 Å². The van der Waals surface area contributed by atoms with Gasteiger partial charge in [0, 0.05) is 22.9 Å². The predicted octanol–water partition coefficient (Wildman–Crippen LogP) is 3.53. The van der Waals surface area contributed by atoms with Crippen LogP contribution >= 0.6 is 0 Å². The van der Waals surface area contributed by atoms with Crippen molar-refractivity contribution in [1.82, 2.24) is 5.43 Å². The van der Waals surface area contributed by atoms with Crippen LogP contribution < -0.4 is 15.5 Å². The van der Waals surface area contributed by atoms with Crippen molar-refractivity contribution in [3.8, 4) is 5.75 Å². The van der Waals surface area contributed by atoms with E-state index in [1.54, 1.807) is 24.3 Å². The minimum atomic E-state index is -0.783. The minimum absolute atomic E-state index is 0.0208. The molecule has 12 nitrogen and oxygen atoms in total. The normalized spacial score (nSPS) is 10.5. The summed E-state index contributed by atoms with van der Waals surface area (Å²) in [6.07, 6.45) is 1.02. The molecule has 0 aliphatic heterocycles. The molecule has 3 aromatic rings. The van der Waals surface area contributed by atoms with E-state index in [2.05, 4.69) is 15.8 Å². The molecule has 3 rings (SSSR count). The van der Waals surface area contributed by atoms with Crippen LogP contribution in [-0.4, -0.2) is 35.0 Å². The van der Waals surface area contributed by atoms with Crippen LogP contribution in [0.4, 0.5) is 17.1 Å². The van der Waals surface area contributed by atoms with Gasteiger partial charge in [-0.2, -0.15) is 5.10 Å². The number of hydrazone groups is 1. The summed E-state index contributed by atoms with van der Waals surface area (Å²) in [7, 11) is 1.53. The first-order valence-electron chi connectivity index (χ1n) is 9.60. The van der Waals surface area contributed by atoms with Crippen LogP contribution in [0.15, 0.2) is 71.8 Å². The standard InChI is InChI=1S/C22H17N5O7/c1-34-19-10-5-14(6-11-19)21(28)24-17-7-2-15(3-8-17)22(29)25-23-13-16-4-9-18(26(30)31)12-20(16)27(32)33/h2-13H,1H3,(H,24,28)(H,25,29)/b23-13-. The molecule has 0 spiro atoms. The largest absolute Gasteiger partial charge is 0.497 e. The Labute approximate surface area is 192 Å². The number of non-ortho nitro benzene ring substituents is 1. The molecule has 0 atom stereocenters. The number of carbonyl (C=O) groups excluding carboxylic acids is 2. The van der Waals surface area contributed by atoms with Crippen LogP contribution in [0.1, 0.15) is 26.3 Å². The number of methoxy groups -OCH3 is 1. The van der Waals surface area contributed by atoms with Gasteiger partial charge in [-0.05, 0) is 54.6 Å². The molecule has 2 N–H and O–H groups in total. The molecule has 0 heterocycles. The fourth-order valence-corrected chi connectivity index (χ4v) is 2.79. The van der Waals surface area contributed by atoms with Gasteiger partial charge in [0.1, 0.15) is 5.75 Å². The maximum atomic E-state index is 12.3. The van der Waals surface area contributed by atoms with E-state index in [0.717, 1.165) is 24.4 Å². The van der Waals surface area contributed by atoms with E-state index in [-0.39, 0.29) is 17.0 Å². The molecule has 0 unspecified atom stereocenters. The summed E-state index contributed by atoms with van der Waals surface area (Å²) in [5.41, 5.74) is 2.35. The van der Waals surface area contributed by atoms with Crippen molar-refractivity contribution < 1.29 is 24.2 Å². The molecule has 0 aliphatic rings. The Balaban J connectivity index is 1.62. The number of amides is 2. The van der Waals surface area contributed by atoms with Gasteiger partial charge in [-0.1, -0.05) is 0 Å². The number of nitrogens with one attached hydrogen (secondary N) is 2. The van der Waals surface area contributed by atoms with Gasteiger partial charge in [0.2, 0.25) is 0 Å². The van der Waals surface area contributed by atoms with E-state index in [9.17, 15) is 29.8 Å². The number of benzene rings is 3. The second-order valence-electron chi connectivity index (χ2n) is 6.72. The third-order valence-electron chi connectivity index (χ3n) is 4.55. The summed E-state index contributed by atoms with van der Waals surface area (Å²) in [6, 6.07) is 15.6. The molecule has 0 aliphatic carbocycles. The maximum absolute atomic E-state index is 12.3. The van der Waals surface area contributed by atoms with Gasteiger partial charge in [-0.3, -0.25) is 29.8 Å². The highest BCUT2D eigenvalue weighted by Crippen LogP contribution is 2.23. The van der Waals surface area contributed by atoms with Crippen molar-refractivity contribution in [2.24, 2.45) is 5.10 Å². The Hall–Kier alpha value is -5.13. The first-order chi connectivity index (χ1) is 16.3. The zero-order chi connectivity index (χ0) is 24.7. The zero-order valence-corrected chi connectivity index (χ0v) is 17.6. The first-order valence-corrected chi connectivity index (χ1v) is 9.60. The van der Waals surface area contributed by atoms with Crippen LogP contribution in [0.3, 0.4) is 0 Å². The first kappa shape index (κ1) is 23.5. The van der Waals surface area contributed by atoms with Crippen molar-refractivity contribution >= 4 is 35.1 Å². The smallest absolute Gasteiger partial charge is 0.285 e. The molecule has 0 radical (unpaired) electrons. The lowest BCUT2D eigenvalue weighted by Crippen LogP contribution is -2.18. The van der Waals surface area contributed by atoms with E-state index in [1.165, 1.54) is 31.4 Å². The van der Waals surface area contributed by atoms with Gasteiger partial charge in [0.25, 0.3) is 23.2 Å². The topological polar surface area (TPSA) is 166 Å². The lowest BCUT2D eigenvalue weighted by Gasteiger charge is -2.07. The molecule has 3 aromatic carbocycles. The summed E-state index contributed by atoms with van der Waals surface area (Å²) >= 11 is 0. The predicted molar refractivity (Wildman–Crippen MR) is 122 cm³/mol. The highest BCUT2D eigenvalue weighted by atomic mass is 16.6. The van der Waals surface area contributed by atoms with Gasteiger partial charge in [-0.25, -0.2) is 5.43 Å². The summed E-state index contributed by atoms with van der Waals surface area (Å²) in [5, 5.41) is 28.3. The number of carbonyl (C=O) groups is 2. The molecule has 0 aromatic heterocycles. The summed E-state index contributed by atoms with van der Waals surface area (Å²) < 4.78 is 5.05. The molecule has 172 valence electrons. The van der Waals surface area contributed by atoms with Crippen molar-refractivity contribution in [3.05, 3.63) is 104 Å². The highest BCUT2D eigenvalue weighted by molar-refractivity contribution is 6.04. The van der Waals surface area contributed by atoms with Gasteiger partial charge >= 0.3 is 0 Å². The summed E-state index contributed by atoms with van der Waals surface area (Å²) in [4.78, 5) is 45.0. The number of nitro groups is 2. The van der Waals surface area contributed by atoms with Crippen LogP contribution in [0, 0.1) is 20.2 Å². The average Bonchev–Trinajstić information content (AvgIpc) is 2.84. The van der Waals surface area contributed by atoms with Crippen molar-refractivity contribution in [2.75, 3.05) is 12.4 Å². The SMILES string of the molecule is COc1ccc(C(=O)Nc2ccc(C(=O)N/N=C\c3ccc([N+](=O)[O-])cc3[N+](=O)[O-])cc2)cc1. The molecule has 12 heteroatoms. The molecular formula is C22H17N5O7. The third-order valence-corrected chi connectivity index (χ3v) is 4.55. The number of ether oxygens (including phenoxy) is 1. The van der Waals surface area contributed by atoms with E-state index in [0.29, 0.717) is 17.0 Å².